The first-order chi connectivity index (χ1) is 13.1. The molecule has 0 bridgehead atoms. The number of hydrogen-bond donors (Lipinski definition) is 3. The second kappa shape index (κ2) is 8.78. The molecular weight excluding hydrogens is 451 g/mol. The van der Waals surface area contributed by atoms with Gasteiger partial charge in [-0.05, 0) is 59.3 Å². The van der Waals surface area contributed by atoms with Crippen molar-refractivity contribution in [2.75, 3.05) is 35.2 Å². The van der Waals surface area contributed by atoms with E-state index in [0.717, 1.165) is 6.26 Å². The van der Waals surface area contributed by atoms with Crippen LogP contribution in [0.5, 0.6) is 0 Å². The molecule has 0 aromatic heterocycles. The van der Waals surface area contributed by atoms with E-state index in [1.165, 1.54) is 41.7 Å². The van der Waals surface area contributed by atoms with E-state index >= 15 is 0 Å². The molecule has 0 saturated heterocycles. The number of nitrogens with one attached hydrogen (secondary N) is 2. The number of rotatable bonds is 7. The molecule has 7 nitrogen and oxygen atoms in total. The SMILES string of the molecule is CCN(c1cc(N)c(C(Nc2ccc(F)cc2)C(=O)NC)cc1Br)S(C)(=O)=O. The molecule has 0 radical (unpaired) electrons. The van der Waals surface area contributed by atoms with Gasteiger partial charge in [-0.3, -0.25) is 9.10 Å². The maximum atomic E-state index is 13.2. The summed E-state index contributed by atoms with van der Waals surface area (Å²) in [7, 11) is -2.01. The van der Waals surface area contributed by atoms with E-state index in [-0.39, 0.29) is 18.1 Å². The van der Waals surface area contributed by atoms with Gasteiger partial charge in [-0.1, -0.05) is 0 Å². The molecule has 1 unspecified atom stereocenters. The second-order valence-corrected chi connectivity index (χ2v) is 8.82. The highest BCUT2D eigenvalue weighted by Crippen LogP contribution is 2.36. The highest BCUT2D eigenvalue weighted by molar-refractivity contribution is 9.10. The number of carbonyl (C=O) groups excluding carboxylic acids is 1. The molecule has 0 fully saturated rings. The zero-order chi connectivity index (χ0) is 21.1. The number of nitrogen functional groups attached to an aromatic ring is 1. The van der Waals surface area contributed by atoms with Crippen molar-refractivity contribution in [3.63, 3.8) is 0 Å². The van der Waals surface area contributed by atoms with Gasteiger partial charge in [-0.25, -0.2) is 12.8 Å². The van der Waals surface area contributed by atoms with Crippen molar-refractivity contribution in [1.29, 1.82) is 0 Å². The van der Waals surface area contributed by atoms with Gasteiger partial charge in [0.15, 0.2) is 0 Å². The van der Waals surface area contributed by atoms with Gasteiger partial charge < -0.3 is 16.4 Å². The number of amides is 1. The summed E-state index contributed by atoms with van der Waals surface area (Å²) < 4.78 is 38.9. The van der Waals surface area contributed by atoms with Crippen LogP contribution in [0.25, 0.3) is 0 Å². The zero-order valence-corrected chi connectivity index (χ0v) is 18.1. The number of carbonyl (C=O) groups is 1. The van der Waals surface area contributed by atoms with Gasteiger partial charge in [0.05, 0.1) is 11.9 Å². The molecule has 2 aromatic carbocycles. The van der Waals surface area contributed by atoms with Crippen LogP contribution >= 0.6 is 15.9 Å². The van der Waals surface area contributed by atoms with Crippen molar-refractivity contribution < 1.29 is 17.6 Å². The van der Waals surface area contributed by atoms with E-state index < -0.39 is 21.9 Å². The van der Waals surface area contributed by atoms with Crippen LogP contribution in [0.3, 0.4) is 0 Å². The van der Waals surface area contributed by atoms with Crippen LogP contribution in [0.15, 0.2) is 40.9 Å². The minimum Gasteiger partial charge on any atom is -0.398 e. The molecule has 1 atom stereocenters. The van der Waals surface area contributed by atoms with E-state index in [1.807, 2.05) is 0 Å². The van der Waals surface area contributed by atoms with E-state index in [0.29, 0.717) is 21.4 Å². The van der Waals surface area contributed by atoms with Crippen LogP contribution in [-0.4, -0.2) is 34.2 Å². The molecule has 28 heavy (non-hydrogen) atoms. The molecule has 0 heterocycles. The van der Waals surface area contributed by atoms with E-state index in [1.54, 1.807) is 13.0 Å². The Hall–Kier alpha value is -2.33. The fourth-order valence-corrected chi connectivity index (χ4v) is 4.43. The number of anilines is 3. The molecule has 0 saturated carbocycles. The third-order valence-electron chi connectivity index (χ3n) is 4.08. The largest absolute Gasteiger partial charge is 0.398 e. The van der Waals surface area contributed by atoms with Crippen molar-refractivity contribution in [3.05, 3.63) is 52.3 Å². The van der Waals surface area contributed by atoms with Gasteiger partial charge >= 0.3 is 0 Å². The summed E-state index contributed by atoms with van der Waals surface area (Å²) in [5.74, 6) is -0.750. The fraction of sp³-hybridized carbons (Fsp3) is 0.278. The van der Waals surface area contributed by atoms with E-state index in [2.05, 4.69) is 26.6 Å². The Morgan fingerprint density at radius 2 is 1.89 bits per heavy atom. The standard InChI is InChI=1S/C18H22BrFN4O3S/c1-4-24(28(3,26)27)16-10-15(21)13(9-14(16)19)17(18(25)22-2)23-12-7-5-11(20)6-8-12/h5-10,17,23H,4,21H2,1-3H3,(H,22,25). The van der Waals surface area contributed by atoms with Crippen molar-refractivity contribution in [2.45, 2.75) is 13.0 Å². The minimum atomic E-state index is -3.50. The summed E-state index contributed by atoms with van der Waals surface area (Å²) in [6.45, 7) is 1.93. The first kappa shape index (κ1) is 22.0. The summed E-state index contributed by atoms with van der Waals surface area (Å²) in [5, 5.41) is 5.58. The summed E-state index contributed by atoms with van der Waals surface area (Å²) in [4.78, 5) is 12.5. The zero-order valence-electron chi connectivity index (χ0n) is 15.7. The first-order valence-electron chi connectivity index (χ1n) is 8.38. The van der Waals surface area contributed by atoms with Gasteiger partial charge in [-0.15, -0.1) is 0 Å². The normalized spacial score (nSPS) is 12.3. The number of likely N-dealkylation sites (N-methyl/N-ethyl adjacent to an activating group) is 1. The molecule has 10 heteroatoms. The molecule has 4 N–H and O–H groups in total. The van der Waals surface area contributed by atoms with E-state index in [4.69, 9.17) is 5.73 Å². The monoisotopic (exact) mass is 472 g/mol. The molecule has 1 amide bonds. The van der Waals surface area contributed by atoms with Crippen LogP contribution in [0.1, 0.15) is 18.5 Å². The third-order valence-corrected chi connectivity index (χ3v) is 5.97. The third kappa shape index (κ3) is 4.93. The Kier molecular flexibility index (Phi) is 6.89. The van der Waals surface area contributed by atoms with E-state index in [9.17, 15) is 17.6 Å². The predicted molar refractivity (Wildman–Crippen MR) is 113 cm³/mol. The molecule has 0 aliphatic heterocycles. The van der Waals surface area contributed by atoms with Gasteiger partial charge in [-0.2, -0.15) is 0 Å². The molecule has 0 aliphatic carbocycles. The number of nitrogens with two attached hydrogens (primary N) is 1. The van der Waals surface area contributed by atoms with Crippen molar-refractivity contribution in [3.8, 4) is 0 Å². The second-order valence-electron chi connectivity index (χ2n) is 6.06. The summed E-state index contributed by atoms with van der Waals surface area (Å²) in [5.41, 5.74) is 7.77. The topological polar surface area (TPSA) is 105 Å². The van der Waals surface area contributed by atoms with Crippen LogP contribution in [0, 0.1) is 5.82 Å². The molecule has 0 spiro atoms. The molecule has 152 valence electrons. The Morgan fingerprint density at radius 1 is 1.29 bits per heavy atom. The number of sulfonamides is 1. The maximum absolute atomic E-state index is 13.2. The van der Waals surface area contributed by atoms with Crippen molar-refractivity contribution in [1.82, 2.24) is 5.32 Å². The van der Waals surface area contributed by atoms with Crippen LogP contribution < -0.4 is 20.7 Å². The van der Waals surface area contributed by atoms with Crippen molar-refractivity contribution in [2.24, 2.45) is 0 Å². The van der Waals surface area contributed by atoms with Gasteiger partial charge in [0.1, 0.15) is 11.9 Å². The number of nitrogens with zero attached hydrogens (tertiary/aromatic N) is 1. The van der Waals surface area contributed by atoms with Gasteiger partial charge in [0.25, 0.3) is 0 Å². The lowest BCUT2D eigenvalue weighted by molar-refractivity contribution is -0.121. The number of halogens is 2. The number of hydrogen-bond acceptors (Lipinski definition) is 5. The number of benzene rings is 2. The molecular formula is C18H22BrFN4O3S. The lowest BCUT2D eigenvalue weighted by Gasteiger charge is -2.25. The summed E-state index contributed by atoms with van der Waals surface area (Å²) in [6.07, 6.45) is 1.11. The minimum absolute atomic E-state index is 0.225. The van der Waals surface area contributed by atoms with Gasteiger partial charge in [0, 0.05) is 35.0 Å². The fourth-order valence-electron chi connectivity index (χ4n) is 2.76. The Bertz CT molecular complexity index is 968. The first-order valence-corrected chi connectivity index (χ1v) is 11.0. The maximum Gasteiger partial charge on any atom is 0.246 e. The average Bonchev–Trinajstić information content (AvgIpc) is 2.63. The summed E-state index contributed by atoms with van der Waals surface area (Å²) in [6, 6.07) is 7.81. The van der Waals surface area contributed by atoms with Crippen LogP contribution in [0.2, 0.25) is 0 Å². The average molecular weight is 473 g/mol. The van der Waals surface area contributed by atoms with Crippen LogP contribution in [-0.2, 0) is 14.8 Å². The Labute approximate surface area is 172 Å². The molecule has 0 aliphatic rings. The summed E-state index contributed by atoms with van der Waals surface area (Å²) >= 11 is 3.38. The quantitative estimate of drug-likeness (QED) is 0.537. The predicted octanol–water partition coefficient (Wildman–Crippen LogP) is 2.86. The van der Waals surface area contributed by atoms with Crippen LogP contribution in [0.4, 0.5) is 21.5 Å². The lowest BCUT2D eigenvalue weighted by atomic mass is 10.0. The Morgan fingerprint density at radius 3 is 2.39 bits per heavy atom. The van der Waals surface area contributed by atoms with Gasteiger partial charge in [0.2, 0.25) is 15.9 Å². The lowest BCUT2D eigenvalue weighted by Crippen LogP contribution is -2.32. The highest BCUT2D eigenvalue weighted by Gasteiger charge is 2.25. The molecule has 2 rings (SSSR count). The molecule has 2 aromatic rings. The Balaban J connectivity index is 2.50. The smallest absolute Gasteiger partial charge is 0.246 e. The highest BCUT2D eigenvalue weighted by atomic mass is 79.9. The van der Waals surface area contributed by atoms with Crippen molar-refractivity contribution >= 4 is 48.9 Å².